The molecule has 7 rings (SSSR count). The molecule has 0 aliphatic heterocycles. The van der Waals surface area contributed by atoms with Crippen LogP contribution in [0.2, 0.25) is 0 Å². The molecule has 2 aromatic carbocycles. The number of fused-ring (bicyclic) bond motifs is 5. The van der Waals surface area contributed by atoms with Crippen molar-refractivity contribution in [2.45, 2.75) is 71.4 Å². The lowest BCUT2D eigenvalue weighted by molar-refractivity contribution is -0.0238. The Balaban J connectivity index is 1.22. The molecule has 4 aliphatic rings. The third-order valence-electron chi connectivity index (χ3n) is 11.3. The van der Waals surface area contributed by atoms with Gasteiger partial charge in [-0.15, -0.1) is 0 Å². The molecule has 3 aromatic rings. The number of ether oxygens (including phenoxy) is 1. The van der Waals surface area contributed by atoms with E-state index in [4.69, 9.17) is 9.84 Å². The molecule has 0 saturated heterocycles. The predicted octanol–water partition coefficient (Wildman–Crippen LogP) is 7.81. The Labute approximate surface area is 244 Å². The van der Waals surface area contributed by atoms with Crippen LogP contribution < -0.4 is 10.1 Å². The molecule has 5 nitrogen and oxygen atoms in total. The van der Waals surface area contributed by atoms with Gasteiger partial charge in [0.05, 0.1) is 30.3 Å². The number of aromatic nitrogens is 2. The van der Waals surface area contributed by atoms with Crippen LogP contribution in [0.3, 0.4) is 0 Å². The van der Waals surface area contributed by atoms with Crippen LogP contribution in [0.4, 0.5) is 5.69 Å². The number of aliphatic hydroxyl groups excluding tert-OH is 1. The zero-order chi connectivity index (χ0) is 28.2. The van der Waals surface area contributed by atoms with Crippen LogP contribution in [0.25, 0.3) is 11.3 Å². The molecule has 214 valence electrons. The van der Waals surface area contributed by atoms with E-state index in [1.165, 1.54) is 24.0 Å². The lowest BCUT2D eigenvalue weighted by Gasteiger charge is -2.57. The second-order valence-corrected chi connectivity index (χ2v) is 13.3. The monoisotopic (exact) mass is 549 g/mol. The van der Waals surface area contributed by atoms with Crippen LogP contribution in [-0.2, 0) is 6.54 Å². The maximum Gasteiger partial charge on any atom is 0.141 e. The van der Waals surface area contributed by atoms with E-state index in [1.807, 2.05) is 18.2 Å². The fourth-order valence-corrected chi connectivity index (χ4v) is 9.04. The number of hydrogen-bond donors (Lipinski definition) is 2. The highest BCUT2D eigenvalue weighted by molar-refractivity contribution is 5.73. The Kier molecular flexibility index (Phi) is 6.61. The molecule has 2 saturated carbocycles. The maximum atomic E-state index is 10.4. The number of rotatable bonds is 6. The van der Waals surface area contributed by atoms with Crippen molar-refractivity contribution in [3.05, 3.63) is 89.8 Å². The number of aliphatic hydroxyl groups is 1. The van der Waals surface area contributed by atoms with Crippen LogP contribution in [0.1, 0.15) is 70.1 Å². The van der Waals surface area contributed by atoms with Crippen LogP contribution in [0, 0.1) is 28.6 Å². The summed E-state index contributed by atoms with van der Waals surface area (Å²) in [5.74, 6) is 2.89. The van der Waals surface area contributed by atoms with E-state index in [9.17, 15) is 5.11 Å². The van der Waals surface area contributed by atoms with Crippen molar-refractivity contribution >= 4 is 11.3 Å². The number of methoxy groups -OCH3 is 1. The van der Waals surface area contributed by atoms with Gasteiger partial charge in [0.2, 0.25) is 0 Å². The Morgan fingerprint density at radius 1 is 0.951 bits per heavy atom. The Morgan fingerprint density at radius 3 is 2.56 bits per heavy atom. The summed E-state index contributed by atoms with van der Waals surface area (Å²) in [6.45, 7) is 5.72. The first-order chi connectivity index (χ1) is 19.9. The topological polar surface area (TPSA) is 59.3 Å². The fraction of sp³-hybridized carbons (Fsp3) is 0.472. The van der Waals surface area contributed by atoms with Crippen LogP contribution in [0.5, 0.6) is 5.75 Å². The second-order valence-electron chi connectivity index (χ2n) is 13.3. The molecule has 1 heterocycles. The average Bonchev–Trinajstić information content (AvgIpc) is 3.57. The summed E-state index contributed by atoms with van der Waals surface area (Å²) in [4.78, 5) is 0. The van der Waals surface area contributed by atoms with Crippen LogP contribution >= 0.6 is 0 Å². The van der Waals surface area contributed by atoms with E-state index in [2.05, 4.69) is 78.6 Å². The van der Waals surface area contributed by atoms with E-state index < -0.39 is 0 Å². The van der Waals surface area contributed by atoms with Gasteiger partial charge in [-0.25, -0.2) is 4.68 Å². The Morgan fingerprint density at radius 2 is 1.73 bits per heavy atom. The minimum absolute atomic E-state index is 0.117. The molecule has 0 radical (unpaired) electrons. The largest absolute Gasteiger partial charge is 0.495 e. The molecule has 41 heavy (non-hydrogen) atoms. The third kappa shape index (κ3) is 4.35. The summed E-state index contributed by atoms with van der Waals surface area (Å²) >= 11 is 0. The Bertz CT molecular complexity index is 1490. The first-order valence-electron chi connectivity index (χ1n) is 15.5. The summed E-state index contributed by atoms with van der Waals surface area (Å²) in [6, 6.07) is 18.6. The van der Waals surface area contributed by atoms with Gasteiger partial charge in [-0.1, -0.05) is 61.9 Å². The molecule has 6 atom stereocenters. The number of nitrogens with zero attached hydrogens (tertiary/aromatic N) is 2. The van der Waals surface area contributed by atoms with Gasteiger partial charge in [-0.3, -0.25) is 0 Å². The summed E-state index contributed by atoms with van der Waals surface area (Å²) < 4.78 is 7.67. The zero-order valence-electron chi connectivity index (χ0n) is 24.6. The van der Waals surface area contributed by atoms with Gasteiger partial charge in [0.25, 0.3) is 0 Å². The minimum atomic E-state index is -0.151. The normalized spacial score (nSPS) is 32.3. The zero-order valence-corrected chi connectivity index (χ0v) is 24.6. The van der Waals surface area contributed by atoms with Crippen LogP contribution in [-0.4, -0.2) is 28.1 Å². The predicted molar refractivity (Wildman–Crippen MR) is 165 cm³/mol. The Hall–Kier alpha value is -3.31. The van der Waals surface area contributed by atoms with Crippen molar-refractivity contribution in [3.63, 3.8) is 0 Å². The molecule has 5 heteroatoms. The van der Waals surface area contributed by atoms with Gasteiger partial charge in [-0.2, -0.15) is 5.10 Å². The molecule has 0 spiro atoms. The smallest absolute Gasteiger partial charge is 0.141 e. The van der Waals surface area contributed by atoms with Gasteiger partial charge < -0.3 is 15.2 Å². The van der Waals surface area contributed by atoms with E-state index >= 15 is 0 Å². The number of nitrogens with one attached hydrogen (secondary N) is 1. The molecule has 2 fully saturated rings. The summed E-state index contributed by atoms with van der Waals surface area (Å²) in [5, 5.41) is 19.3. The average molecular weight is 550 g/mol. The van der Waals surface area contributed by atoms with Gasteiger partial charge in [0.15, 0.2) is 0 Å². The minimum Gasteiger partial charge on any atom is -0.495 e. The summed E-state index contributed by atoms with van der Waals surface area (Å²) in [7, 11) is 1.72. The number of hydrogen-bond acceptors (Lipinski definition) is 4. The number of allylic oxidation sites excluding steroid dienone is 3. The van der Waals surface area contributed by atoms with Crippen molar-refractivity contribution in [2.75, 3.05) is 12.4 Å². The van der Waals surface area contributed by atoms with Gasteiger partial charge >= 0.3 is 0 Å². The molecular formula is C36H43N3O2. The van der Waals surface area contributed by atoms with Crippen LogP contribution in [0.15, 0.2) is 78.5 Å². The second kappa shape index (κ2) is 10.2. The molecule has 0 unspecified atom stereocenters. The summed E-state index contributed by atoms with van der Waals surface area (Å²) in [5.41, 5.74) is 7.78. The van der Waals surface area contributed by atoms with Crippen molar-refractivity contribution in [2.24, 2.45) is 28.6 Å². The lowest BCUT2D eigenvalue weighted by Crippen LogP contribution is -2.49. The lowest BCUT2D eigenvalue weighted by atomic mass is 9.47. The van der Waals surface area contributed by atoms with E-state index in [1.54, 1.807) is 12.7 Å². The molecule has 4 aliphatic carbocycles. The van der Waals surface area contributed by atoms with Crippen molar-refractivity contribution in [1.82, 2.24) is 9.78 Å². The van der Waals surface area contributed by atoms with Gasteiger partial charge in [-0.05, 0) is 103 Å². The number of anilines is 1. The first kappa shape index (κ1) is 26.6. The fourth-order valence-electron chi connectivity index (χ4n) is 9.04. The number of para-hydroxylation sites is 3. The third-order valence-corrected chi connectivity index (χ3v) is 11.3. The van der Waals surface area contributed by atoms with E-state index in [-0.39, 0.29) is 16.9 Å². The molecular weight excluding hydrogens is 506 g/mol. The van der Waals surface area contributed by atoms with E-state index in [0.29, 0.717) is 18.4 Å². The number of benzene rings is 2. The standard InChI is InChI=1S/C36H43N3O2/c1-35-19-17-27(40)21-25(35)13-14-28-29-15-16-31(36(29,2)20-18-30(28)35)34-24(22-37-32-11-7-8-12-33(32)41-3)23-39(38-34)26-9-5-4-6-10-26/h4-13,16,23,27-30,37,40H,14-15,17-22H2,1-3H3/t27-,28-,29-,30-,35-,36-/m0/s1. The molecule has 1 aromatic heterocycles. The van der Waals surface area contributed by atoms with Gasteiger partial charge in [0.1, 0.15) is 5.75 Å². The highest BCUT2D eigenvalue weighted by Crippen LogP contribution is 2.66. The maximum absolute atomic E-state index is 10.4. The summed E-state index contributed by atoms with van der Waals surface area (Å²) in [6.07, 6.45) is 14.8. The highest BCUT2D eigenvalue weighted by Gasteiger charge is 2.57. The first-order valence-corrected chi connectivity index (χ1v) is 15.5. The quantitative estimate of drug-likeness (QED) is 0.308. The van der Waals surface area contributed by atoms with Gasteiger partial charge in [0, 0.05) is 18.3 Å². The van der Waals surface area contributed by atoms with Crippen molar-refractivity contribution < 1.29 is 9.84 Å². The molecule has 0 amide bonds. The molecule has 0 bridgehead atoms. The highest BCUT2D eigenvalue weighted by atomic mass is 16.5. The van der Waals surface area contributed by atoms with Crippen molar-refractivity contribution in [3.8, 4) is 11.4 Å². The SMILES string of the molecule is COc1ccccc1NCc1cn(-c2ccccc2)nc1C1=CC[C@H]2[C@@H]3CC=C4C[C@@H](O)CC[C@]4(C)[C@H]3CC[C@]12C. The molecule has 2 N–H and O–H groups in total. The van der Waals surface area contributed by atoms with E-state index in [0.717, 1.165) is 60.8 Å². The van der Waals surface area contributed by atoms with Crippen molar-refractivity contribution in [1.29, 1.82) is 0 Å².